The Morgan fingerprint density at radius 2 is 1.20 bits per heavy atom. The van der Waals surface area contributed by atoms with Crippen molar-refractivity contribution in [2.75, 3.05) is 0 Å². The molecule has 8 heteroatoms. The minimum Gasteiger partial charge on any atom is -0.395 e. The van der Waals surface area contributed by atoms with Gasteiger partial charge in [0.05, 0.1) is 0 Å². The zero-order valence-electron chi connectivity index (χ0n) is 13.4. The van der Waals surface area contributed by atoms with E-state index < -0.39 is 41.0 Å². The molecule has 0 saturated carbocycles. The highest BCUT2D eigenvalue weighted by molar-refractivity contribution is 5.67. The van der Waals surface area contributed by atoms with Gasteiger partial charge in [-0.2, -0.15) is 8.78 Å². The van der Waals surface area contributed by atoms with Gasteiger partial charge in [-0.05, 0) is 23.1 Å². The number of ether oxygens (including phenoxy) is 2. The van der Waals surface area contributed by atoms with E-state index in [1.165, 1.54) is 12.1 Å². The number of carbonyl (C=O) groups is 1. The van der Waals surface area contributed by atoms with E-state index in [1.54, 1.807) is 12.1 Å². The maximum atomic E-state index is 13.4. The summed E-state index contributed by atoms with van der Waals surface area (Å²) < 4.78 is 74.7. The summed E-state index contributed by atoms with van der Waals surface area (Å²) in [5.41, 5.74) is 0.766. The molecule has 0 aromatic heterocycles. The van der Waals surface area contributed by atoms with Crippen LogP contribution in [0.1, 0.15) is 26.3 Å². The Kier molecular flexibility index (Phi) is 5.01. The lowest BCUT2D eigenvalue weighted by Crippen LogP contribution is -2.17. The molecule has 2 aromatic carbocycles. The third-order valence-electron chi connectivity index (χ3n) is 3.28. The fourth-order valence-electron chi connectivity index (χ4n) is 1.90. The Hall–Kier alpha value is -2.64. The summed E-state index contributed by atoms with van der Waals surface area (Å²) in [5, 5.41) is 0. The van der Waals surface area contributed by atoms with Crippen LogP contribution >= 0.6 is 0 Å². The third-order valence-corrected chi connectivity index (χ3v) is 3.28. The van der Waals surface area contributed by atoms with E-state index in [0.29, 0.717) is 0 Å². The van der Waals surface area contributed by atoms with Crippen molar-refractivity contribution in [1.29, 1.82) is 0 Å². The Bertz CT molecular complexity index is 782. The van der Waals surface area contributed by atoms with E-state index in [4.69, 9.17) is 0 Å². The molecular formula is C17H13F5O3. The molecule has 0 bridgehead atoms. The van der Waals surface area contributed by atoms with Gasteiger partial charge in [0, 0.05) is 0 Å². The number of carbonyl (C=O) groups excluding carboxylic acids is 1. The van der Waals surface area contributed by atoms with Gasteiger partial charge in [-0.25, -0.2) is 18.0 Å². The van der Waals surface area contributed by atoms with Gasteiger partial charge >= 0.3 is 6.16 Å². The smallest absolute Gasteiger partial charge is 0.395 e. The quantitative estimate of drug-likeness (QED) is 0.241. The monoisotopic (exact) mass is 360 g/mol. The minimum absolute atomic E-state index is 0.0260. The summed E-state index contributed by atoms with van der Waals surface area (Å²) >= 11 is 0. The fraction of sp³-hybridized carbons (Fsp3) is 0.235. The van der Waals surface area contributed by atoms with Crippen LogP contribution < -0.4 is 9.47 Å². The molecule has 0 aliphatic heterocycles. The number of hydrogen-bond donors (Lipinski definition) is 0. The second kappa shape index (κ2) is 6.70. The maximum absolute atomic E-state index is 13.4. The van der Waals surface area contributed by atoms with Crippen molar-refractivity contribution in [2.45, 2.75) is 26.2 Å². The van der Waals surface area contributed by atoms with E-state index >= 15 is 0 Å². The van der Waals surface area contributed by atoms with Crippen molar-refractivity contribution in [3.8, 4) is 11.5 Å². The van der Waals surface area contributed by atoms with E-state index in [-0.39, 0.29) is 11.2 Å². The topological polar surface area (TPSA) is 35.5 Å². The zero-order valence-corrected chi connectivity index (χ0v) is 13.4. The molecule has 25 heavy (non-hydrogen) atoms. The lowest BCUT2D eigenvalue weighted by atomic mass is 9.87. The summed E-state index contributed by atoms with van der Waals surface area (Å²) in [7, 11) is 0. The first kappa shape index (κ1) is 18.7. The van der Waals surface area contributed by atoms with Crippen molar-refractivity contribution in [3.05, 3.63) is 58.9 Å². The van der Waals surface area contributed by atoms with Gasteiger partial charge < -0.3 is 9.47 Å². The van der Waals surface area contributed by atoms with Gasteiger partial charge in [0.1, 0.15) is 5.75 Å². The van der Waals surface area contributed by atoms with Gasteiger partial charge in [0.2, 0.25) is 34.8 Å². The first-order chi connectivity index (χ1) is 11.5. The summed E-state index contributed by atoms with van der Waals surface area (Å²) in [5.74, 6) is -13.1. The van der Waals surface area contributed by atoms with Gasteiger partial charge in [0.25, 0.3) is 0 Å². The van der Waals surface area contributed by atoms with Crippen LogP contribution in [0.3, 0.4) is 0 Å². The summed E-state index contributed by atoms with van der Waals surface area (Å²) in [4.78, 5) is 11.6. The van der Waals surface area contributed by atoms with Crippen molar-refractivity contribution < 1.29 is 36.2 Å². The normalized spacial score (nSPS) is 11.4. The predicted octanol–water partition coefficient (Wildman–Crippen LogP) is 5.26. The first-order valence-corrected chi connectivity index (χ1v) is 7.04. The Labute approximate surface area is 140 Å². The molecule has 0 unspecified atom stereocenters. The average Bonchev–Trinajstić information content (AvgIpc) is 2.55. The molecule has 0 aliphatic carbocycles. The Morgan fingerprint density at radius 1 is 0.760 bits per heavy atom. The summed E-state index contributed by atoms with van der Waals surface area (Å²) in [6.07, 6.45) is -1.65. The highest BCUT2D eigenvalue weighted by Crippen LogP contribution is 2.30. The van der Waals surface area contributed by atoms with Crippen LogP contribution in [0.15, 0.2) is 24.3 Å². The van der Waals surface area contributed by atoms with Crippen LogP contribution in [0, 0.1) is 29.1 Å². The molecule has 0 spiro atoms. The standard InChI is InChI=1S/C17H13F5O3/c1-17(2,3)8-4-6-9(7-5-8)24-16(23)25-15-13(21)11(19)10(18)12(20)14(15)22/h4-7H,1-3H3. The number of rotatable bonds is 2. The molecule has 3 nitrogen and oxygen atoms in total. The van der Waals surface area contributed by atoms with Crippen LogP contribution in [-0.4, -0.2) is 6.16 Å². The van der Waals surface area contributed by atoms with Crippen LogP contribution in [0.25, 0.3) is 0 Å². The number of halogens is 5. The molecule has 0 heterocycles. The lowest BCUT2D eigenvalue weighted by Gasteiger charge is -2.18. The van der Waals surface area contributed by atoms with E-state index in [2.05, 4.69) is 9.47 Å². The fourth-order valence-corrected chi connectivity index (χ4v) is 1.90. The van der Waals surface area contributed by atoms with Crippen molar-refractivity contribution in [3.63, 3.8) is 0 Å². The van der Waals surface area contributed by atoms with Crippen LogP contribution in [0.2, 0.25) is 0 Å². The second-order valence-corrected chi connectivity index (χ2v) is 6.13. The lowest BCUT2D eigenvalue weighted by molar-refractivity contribution is 0.146. The summed E-state index contributed by atoms with van der Waals surface area (Å²) in [6.45, 7) is 5.88. The molecule has 2 rings (SSSR count). The molecule has 0 amide bonds. The molecule has 0 fully saturated rings. The largest absolute Gasteiger partial charge is 0.519 e. The van der Waals surface area contributed by atoms with Crippen LogP contribution in [-0.2, 0) is 5.41 Å². The number of benzene rings is 2. The molecular weight excluding hydrogens is 347 g/mol. The van der Waals surface area contributed by atoms with E-state index in [9.17, 15) is 26.7 Å². The Balaban J connectivity index is 2.19. The zero-order chi connectivity index (χ0) is 18.9. The Morgan fingerprint density at radius 3 is 1.64 bits per heavy atom. The SMILES string of the molecule is CC(C)(C)c1ccc(OC(=O)Oc2c(F)c(F)c(F)c(F)c2F)cc1. The van der Waals surface area contributed by atoms with Gasteiger partial charge in [-0.15, -0.1) is 0 Å². The predicted molar refractivity (Wildman–Crippen MR) is 78.0 cm³/mol. The van der Waals surface area contributed by atoms with E-state index in [1.807, 2.05) is 20.8 Å². The van der Waals surface area contributed by atoms with Crippen molar-refractivity contribution in [2.24, 2.45) is 0 Å². The van der Waals surface area contributed by atoms with Crippen LogP contribution in [0.4, 0.5) is 26.7 Å². The van der Waals surface area contributed by atoms with Gasteiger partial charge in [-0.3, -0.25) is 0 Å². The molecule has 2 aromatic rings. The third kappa shape index (κ3) is 3.89. The molecule has 0 saturated heterocycles. The minimum atomic E-state index is -2.35. The highest BCUT2D eigenvalue weighted by atomic mass is 19.2. The summed E-state index contributed by atoms with van der Waals surface area (Å²) in [6, 6.07) is 6.11. The first-order valence-electron chi connectivity index (χ1n) is 7.04. The van der Waals surface area contributed by atoms with Gasteiger partial charge in [0.15, 0.2) is 0 Å². The van der Waals surface area contributed by atoms with Crippen molar-refractivity contribution in [1.82, 2.24) is 0 Å². The molecule has 0 radical (unpaired) electrons. The maximum Gasteiger partial charge on any atom is 0.519 e. The number of hydrogen-bond acceptors (Lipinski definition) is 3. The molecule has 0 N–H and O–H groups in total. The molecule has 134 valence electrons. The van der Waals surface area contributed by atoms with E-state index in [0.717, 1.165) is 5.56 Å². The van der Waals surface area contributed by atoms with Crippen molar-refractivity contribution >= 4 is 6.16 Å². The molecule has 0 aliphatic rings. The van der Waals surface area contributed by atoms with Gasteiger partial charge in [-0.1, -0.05) is 32.9 Å². The average molecular weight is 360 g/mol. The molecule has 0 atom stereocenters. The van der Waals surface area contributed by atoms with Crippen LogP contribution in [0.5, 0.6) is 11.5 Å². The second-order valence-electron chi connectivity index (χ2n) is 6.13. The highest BCUT2D eigenvalue weighted by Gasteiger charge is 2.29.